The Morgan fingerprint density at radius 1 is 1.05 bits per heavy atom. The van der Waals surface area contributed by atoms with Crippen LogP contribution >= 0.6 is 0 Å². The van der Waals surface area contributed by atoms with Crippen molar-refractivity contribution in [2.75, 3.05) is 0 Å². The summed E-state index contributed by atoms with van der Waals surface area (Å²) < 4.78 is 0. The fraction of sp³-hybridized carbons (Fsp3) is 0.933. The molecule has 4 heteroatoms. The molecule has 0 radical (unpaired) electrons. The molecular formula is C15H30O4. The lowest BCUT2D eigenvalue weighted by molar-refractivity contribution is -0.162. The van der Waals surface area contributed by atoms with Crippen LogP contribution < -0.4 is 0 Å². The summed E-state index contributed by atoms with van der Waals surface area (Å²) in [6.07, 6.45) is 3.52. The largest absolute Gasteiger partial charge is 0.390 e. The Morgan fingerprint density at radius 3 is 2.05 bits per heavy atom. The number of Topliss-reactive ketones (excluding diaryl/α,β-unsaturated/α-hetero) is 1. The highest BCUT2D eigenvalue weighted by Gasteiger charge is 2.43. The number of carbonyl (C=O) groups excluding carboxylic acids is 1. The van der Waals surface area contributed by atoms with E-state index in [1.54, 1.807) is 0 Å². The summed E-state index contributed by atoms with van der Waals surface area (Å²) in [5.41, 5.74) is -1.80. The van der Waals surface area contributed by atoms with Gasteiger partial charge in [0.15, 0.2) is 11.4 Å². The van der Waals surface area contributed by atoms with E-state index in [1.165, 1.54) is 6.92 Å². The molecule has 0 bridgehead atoms. The van der Waals surface area contributed by atoms with E-state index in [-0.39, 0.29) is 6.42 Å². The average Bonchev–Trinajstić information content (AvgIpc) is 2.37. The van der Waals surface area contributed by atoms with Crippen molar-refractivity contribution in [2.24, 2.45) is 0 Å². The number of unbranched alkanes of at least 4 members (excludes halogenated alkanes) is 4. The van der Waals surface area contributed by atoms with Crippen molar-refractivity contribution < 1.29 is 20.1 Å². The van der Waals surface area contributed by atoms with Crippen LogP contribution in [0.5, 0.6) is 0 Å². The first-order valence-corrected chi connectivity index (χ1v) is 7.49. The fourth-order valence-electron chi connectivity index (χ4n) is 2.26. The van der Waals surface area contributed by atoms with Crippen LogP contribution in [0.2, 0.25) is 0 Å². The number of hydrogen-bond acceptors (Lipinski definition) is 4. The molecule has 0 aliphatic rings. The van der Waals surface area contributed by atoms with Gasteiger partial charge in [0, 0.05) is 0 Å². The molecule has 0 aromatic heterocycles. The predicted octanol–water partition coefficient (Wildman–Crippen LogP) is 2.19. The topological polar surface area (TPSA) is 77.8 Å². The van der Waals surface area contributed by atoms with Crippen LogP contribution in [0, 0.1) is 0 Å². The fourth-order valence-corrected chi connectivity index (χ4v) is 2.26. The molecule has 3 atom stereocenters. The molecule has 0 heterocycles. The molecule has 4 nitrogen and oxygen atoms in total. The minimum absolute atomic E-state index is 0.210. The molecule has 0 fully saturated rings. The normalized spacial score (nSPS) is 17.8. The van der Waals surface area contributed by atoms with Crippen LogP contribution in [-0.4, -0.2) is 38.9 Å². The molecule has 0 spiro atoms. The zero-order valence-corrected chi connectivity index (χ0v) is 12.6. The van der Waals surface area contributed by atoms with E-state index in [4.69, 9.17) is 0 Å². The molecule has 0 aromatic rings. The molecule has 0 aromatic carbocycles. The summed E-state index contributed by atoms with van der Waals surface area (Å²) in [5, 5.41) is 30.4. The number of hydrogen-bond donors (Lipinski definition) is 3. The maximum Gasteiger partial charge on any atom is 0.164 e. The number of rotatable bonds is 11. The zero-order valence-electron chi connectivity index (χ0n) is 12.6. The molecule has 19 heavy (non-hydrogen) atoms. The third kappa shape index (κ3) is 6.02. The lowest BCUT2D eigenvalue weighted by Gasteiger charge is -2.33. The van der Waals surface area contributed by atoms with E-state index in [1.807, 2.05) is 6.92 Å². The van der Waals surface area contributed by atoms with Gasteiger partial charge >= 0.3 is 0 Å². The third-order valence-electron chi connectivity index (χ3n) is 3.73. The van der Waals surface area contributed by atoms with Gasteiger partial charge in [0.1, 0.15) is 6.10 Å². The summed E-state index contributed by atoms with van der Waals surface area (Å²) in [4.78, 5) is 11.6. The Labute approximate surface area is 116 Å². The van der Waals surface area contributed by atoms with Crippen molar-refractivity contribution in [3.8, 4) is 0 Å². The van der Waals surface area contributed by atoms with Crippen LogP contribution in [-0.2, 0) is 4.79 Å². The Morgan fingerprint density at radius 2 is 1.58 bits per heavy atom. The first-order chi connectivity index (χ1) is 8.90. The monoisotopic (exact) mass is 274 g/mol. The van der Waals surface area contributed by atoms with Gasteiger partial charge in [-0.05, 0) is 19.8 Å². The van der Waals surface area contributed by atoms with Gasteiger partial charge < -0.3 is 15.3 Å². The van der Waals surface area contributed by atoms with Gasteiger partial charge in [0.2, 0.25) is 0 Å². The van der Waals surface area contributed by atoms with Gasteiger partial charge in [-0.15, -0.1) is 0 Å². The summed E-state index contributed by atoms with van der Waals surface area (Å²) in [5.74, 6) is -0.467. The Bertz CT molecular complexity index is 255. The minimum Gasteiger partial charge on any atom is -0.390 e. The third-order valence-corrected chi connectivity index (χ3v) is 3.73. The second kappa shape index (κ2) is 9.45. The van der Waals surface area contributed by atoms with Gasteiger partial charge in [-0.25, -0.2) is 0 Å². The van der Waals surface area contributed by atoms with Crippen LogP contribution in [0.25, 0.3) is 0 Å². The van der Waals surface area contributed by atoms with E-state index in [9.17, 15) is 20.1 Å². The summed E-state index contributed by atoms with van der Waals surface area (Å²) in [7, 11) is 0. The smallest absolute Gasteiger partial charge is 0.164 e. The van der Waals surface area contributed by atoms with Crippen molar-refractivity contribution in [2.45, 2.75) is 89.9 Å². The van der Waals surface area contributed by atoms with Gasteiger partial charge in [0.25, 0.3) is 0 Å². The standard InChI is InChI=1S/C15H30O4/c1-4-6-8-10-13(17)14(18)15(19,12(3)16)11-9-7-5-2/h13-14,17-19H,4-11H2,1-3H3. The Balaban J connectivity index is 4.53. The number of ketones is 1. The van der Waals surface area contributed by atoms with E-state index < -0.39 is 23.6 Å². The molecule has 0 aliphatic carbocycles. The van der Waals surface area contributed by atoms with Crippen LogP contribution in [0.4, 0.5) is 0 Å². The molecule has 114 valence electrons. The molecule has 3 N–H and O–H groups in total. The van der Waals surface area contributed by atoms with Gasteiger partial charge in [0.05, 0.1) is 6.10 Å². The van der Waals surface area contributed by atoms with Gasteiger partial charge in [-0.1, -0.05) is 52.4 Å². The molecule has 0 amide bonds. The molecule has 0 saturated carbocycles. The van der Waals surface area contributed by atoms with E-state index in [0.29, 0.717) is 12.8 Å². The lowest BCUT2D eigenvalue weighted by atomic mass is 9.83. The molecule has 0 aliphatic heterocycles. The van der Waals surface area contributed by atoms with Crippen molar-refractivity contribution in [3.05, 3.63) is 0 Å². The maximum atomic E-state index is 11.6. The number of carbonyl (C=O) groups is 1. The number of aliphatic hydroxyl groups excluding tert-OH is 2. The second-order valence-corrected chi connectivity index (χ2v) is 5.45. The second-order valence-electron chi connectivity index (χ2n) is 5.45. The maximum absolute atomic E-state index is 11.6. The van der Waals surface area contributed by atoms with Gasteiger partial charge in [-0.3, -0.25) is 4.79 Å². The van der Waals surface area contributed by atoms with Crippen molar-refractivity contribution in [3.63, 3.8) is 0 Å². The SMILES string of the molecule is CCCCCC(O)C(O)C(O)(CCCCC)C(C)=O. The highest BCUT2D eigenvalue weighted by molar-refractivity contribution is 5.85. The molecule has 0 saturated heterocycles. The highest BCUT2D eigenvalue weighted by atomic mass is 16.4. The first kappa shape index (κ1) is 18.6. The van der Waals surface area contributed by atoms with Crippen molar-refractivity contribution >= 4 is 5.78 Å². The number of aliphatic hydroxyl groups is 3. The Hall–Kier alpha value is -0.450. The Kier molecular flexibility index (Phi) is 9.23. The molecule has 0 rings (SSSR count). The summed E-state index contributed by atoms with van der Waals surface area (Å²) in [6.45, 7) is 5.36. The van der Waals surface area contributed by atoms with Crippen LogP contribution in [0.3, 0.4) is 0 Å². The van der Waals surface area contributed by atoms with Crippen molar-refractivity contribution in [1.29, 1.82) is 0 Å². The van der Waals surface area contributed by atoms with E-state index in [0.717, 1.165) is 32.1 Å². The molecular weight excluding hydrogens is 244 g/mol. The van der Waals surface area contributed by atoms with Crippen LogP contribution in [0.15, 0.2) is 0 Å². The van der Waals surface area contributed by atoms with Crippen molar-refractivity contribution in [1.82, 2.24) is 0 Å². The van der Waals surface area contributed by atoms with Crippen LogP contribution in [0.1, 0.15) is 72.1 Å². The molecule has 3 unspecified atom stereocenters. The van der Waals surface area contributed by atoms with E-state index in [2.05, 4.69) is 6.92 Å². The van der Waals surface area contributed by atoms with Gasteiger partial charge in [-0.2, -0.15) is 0 Å². The first-order valence-electron chi connectivity index (χ1n) is 7.49. The minimum atomic E-state index is -1.80. The summed E-state index contributed by atoms with van der Waals surface area (Å²) in [6, 6.07) is 0. The van der Waals surface area contributed by atoms with E-state index >= 15 is 0 Å². The average molecular weight is 274 g/mol. The highest BCUT2D eigenvalue weighted by Crippen LogP contribution is 2.25. The predicted molar refractivity (Wildman–Crippen MR) is 75.9 cm³/mol. The lowest BCUT2D eigenvalue weighted by Crippen LogP contribution is -2.53. The zero-order chi connectivity index (χ0) is 14.9. The quantitative estimate of drug-likeness (QED) is 0.505. The summed E-state index contributed by atoms with van der Waals surface area (Å²) >= 11 is 0.